The third-order valence-corrected chi connectivity index (χ3v) is 4.76. The van der Waals surface area contributed by atoms with Crippen LogP contribution in [-0.2, 0) is 9.59 Å². The van der Waals surface area contributed by atoms with Crippen molar-refractivity contribution in [1.82, 2.24) is 5.43 Å². The number of amides is 2. The molecule has 0 unspecified atom stereocenters. The van der Waals surface area contributed by atoms with Gasteiger partial charge in [0, 0.05) is 17.0 Å². The number of nitrogens with one attached hydrogen (secondary N) is 2. The quantitative estimate of drug-likeness (QED) is 0.396. The Bertz CT molecular complexity index is 1120. The van der Waals surface area contributed by atoms with E-state index in [4.69, 9.17) is 4.74 Å². The predicted octanol–water partition coefficient (Wildman–Crippen LogP) is 4.87. The van der Waals surface area contributed by atoms with Crippen LogP contribution in [0.4, 0.5) is 5.69 Å². The van der Waals surface area contributed by atoms with E-state index in [1.807, 2.05) is 86.6 Å². The fourth-order valence-electron chi connectivity index (χ4n) is 3.22. The van der Waals surface area contributed by atoms with Gasteiger partial charge in [-0.3, -0.25) is 9.59 Å². The highest BCUT2D eigenvalue weighted by molar-refractivity contribution is 6.07. The van der Waals surface area contributed by atoms with Crippen molar-refractivity contribution >= 4 is 23.2 Å². The summed E-state index contributed by atoms with van der Waals surface area (Å²) in [6, 6.07) is 23.2. The zero-order chi connectivity index (χ0) is 22.9. The van der Waals surface area contributed by atoms with Crippen molar-refractivity contribution in [1.29, 1.82) is 0 Å². The second-order valence-corrected chi connectivity index (χ2v) is 7.58. The maximum atomic E-state index is 12.5. The molecule has 3 aromatic rings. The summed E-state index contributed by atoms with van der Waals surface area (Å²) in [7, 11) is 0. The lowest BCUT2D eigenvalue weighted by molar-refractivity contribution is -0.123. The lowest BCUT2D eigenvalue weighted by Gasteiger charge is -2.11. The van der Waals surface area contributed by atoms with E-state index in [1.54, 1.807) is 6.92 Å². The van der Waals surface area contributed by atoms with E-state index in [0.717, 1.165) is 27.9 Å². The molecule has 0 radical (unpaired) electrons. The van der Waals surface area contributed by atoms with E-state index in [2.05, 4.69) is 15.8 Å². The summed E-state index contributed by atoms with van der Waals surface area (Å²) >= 11 is 0. The Balaban J connectivity index is 1.52. The van der Waals surface area contributed by atoms with Crippen molar-refractivity contribution in [3.05, 3.63) is 83.9 Å². The van der Waals surface area contributed by atoms with E-state index in [0.29, 0.717) is 11.5 Å². The van der Waals surface area contributed by atoms with Gasteiger partial charge >= 0.3 is 0 Å². The van der Waals surface area contributed by atoms with E-state index < -0.39 is 0 Å². The van der Waals surface area contributed by atoms with Gasteiger partial charge < -0.3 is 10.1 Å². The molecule has 2 amide bonds. The van der Waals surface area contributed by atoms with Crippen LogP contribution in [0.5, 0.6) is 5.75 Å². The molecule has 164 valence electrons. The number of aryl methyl sites for hydroxylation is 2. The molecule has 0 aliphatic heterocycles. The van der Waals surface area contributed by atoms with E-state index in [9.17, 15) is 9.59 Å². The number of nitrogens with zero attached hydrogens (tertiary/aromatic N) is 1. The average molecular weight is 430 g/mol. The van der Waals surface area contributed by atoms with Crippen LogP contribution in [0.25, 0.3) is 11.1 Å². The number of anilines is 1. The molecular weight excluding hydrogens is 402 g/mol. The van der Waals surface area contributed by atoms with Crippen LogP contribution in [0.3, 0.4) is 0 Å². The zero-order valence-corrected chi connectivity index (χ0v) is 18.5. The first-order chi connectivity index (χ1) is 15.4. The smallest absolute Gasteiger partial charge is 0.277 e. The topological polar surface area (TPSA) is 79.8 Å². The molecule has 3 rings (SSSR count). The number of carbonyl (C=O) groups is 2. The maximum Gasteiger partial charge on any atom is 0.277 e. The summed E-state index contributed by atoms with van der Waals surface area (Å²) in [4.78, 5) is 24.5. The molecule has 0 bridgehead atoms. The van der Waals surface area contributed by atoms with Crippen LogP contribution in [0.2, 0.25) is 0 Å². The average Bonchev–Trinajstić information content (AvgIpc) is 2.78. The number of hydrogen-bond acceptors (Lipinski definition) is 4. The molecule has 6 heteroatoms. The third-order valence-electron chi connectivity index (χ3n) is 4.76. The minimum Gasteiger partial charge on any atom is -0.483 e. The second kappa shape index (κ2) is 10.9. The highest BCUT2D eigenvalue weighted by Gasteiger charge is 2.10. The summed E-state index contributed by atoms with van der Waals surface area (Å²) in [6.45, 7) is 5.46. The van der Waals surface area contributed by atoms with E-state index in [1.165, 1.54) is 0 Å². The second-order valence-electron chi connectivity index (χ2n) is 7.58. The fraction of sp³-hybridized carbons (Fsp3) is 0.192. The largest absolute Gasteiger partial charge is 0.483 e. The summed E-state index contributed by atoms with van der Waals surface area (Å²) in [6.07, 6.45) is 0.0569. The standard InChI is InChI=1S/C26H27N3O3/c1-18-13-14-24(19(2)15-18)32-17-26(31)29-28-20(3)16-25(30)27-23-12-8-7-11-22(23)21-9-5-4-6-10-21/h4-15H,16-17H2,1-3H3,(H,27,30)(H,29,31)/b28-20+. The van der Waals surface area contributed by atoms with Gasteiger partial charge in [-0.05, 0) is 44.0 Å². The lowest BCUT2D eigenvalue weighted by atomic mass is 10.0. The number of ether oxygens (including phenoxy) is 1. The molecule has 0 aromatic heterocycles. The molecular formula is C26H27N3O3. The van der Waals surface area contributed by atoms with E-state index >= 15 is 0 Å². The Kier molecular flexibility index (Phi) is 7.75. The molecule has 0 fully saturated rings. The fourth-order valence-corrected chi connectivity index (χ4v) is 3.22. The normalized spacial score (nSPS) is 11.0. The first-order valence-electron chi connectivity index (χ1n) is 10.4. The van der Waals surface area contributed by atoms with Crippen molar-refractivity contribution in [3.8, 4) is 16.9 Å². The van der Waals surface area contributed by atoms with Crippen molar-refractivity contribution in [2.45, 2.75) is 27.2 Å². The van der Waals surface area contributed by atoms with Gasteiger partial charge in [-0.15, -0.1) is 0 Å². The highest BCUT2D eigenvalue weighted by Crippen LogP contribution is 2.27. The molecule has 32 heavy (non-hydrogen) atoms. The molecule has 3 aromatic carbocycles. The van der Waals surface area contributed by atoms with Crippen LogP contribution in [-0.4, -0.2) is 24.1 Å². The molecule has 0 saturated carbocycles. The Morgan fingerprint density at radius 3 is 2.38 bits per heavy atom. The lowest BCUT2D eigenvalue weighted by Crippen LogP contribution is -2.26. The van der Waals surface area contributed by atoms with Gasteiger partial charge in [-0.2, -0.15) is 5.10 Å². The van der Waals surface area contributed by atoms with Gasteiger partial charge in [-0.25, -0.2) is 5.43 Å². The number of para-hydroxylation sites is 1. The number of hydrogen-bond donors (Lipinski definition) is 2. The van der Waals surface area contributed by atoms with Gasteiger partial charge in [-0.1, -0.05) is 66.2 Å². The highest BCUT2D eigenvalue weighted by atomic mass is 16.5. The molecule has 0 spiro atoms. The Hall–Kier alpha value is -3.93. The maximum absolute atomic E-state index is 12.5. The summed E-state index contributed by atoms with van der Waals surface area (Å²) in [5, 5.41) is 6.94. The van der Waals surface area contributed by atoms with Gasteiger partial charge in [0.15, 0.2) is 6.61 Å². The summed E-state index contributed by atoms with van der Waals surface area (Å²) < 4.78 is 5.54. The Labute approximate surface area is 188 Å². The predicted molar refractivity (Wildman–Crippen MR) is 128 cm³/mol. The number of rotatable bonds is 8. The van der Waals surface area contributed by atoms with E-state index in [-0.39, 0.29) is 24.8 Å². The van der Waals surface area contributed by atoms with Crippen LogP contribution in [0, 0.1) is 13.8 Å². The number of carbonyl (C=O) groups excluding carboxylic acids is 2. The van der Waals surface area contributed by atoms with Crippen molar-refractivity contribution in [2.75, 3.05) is 11.9 Å². The monoisotopic (exact) mass is 429 g/mol. The van der Waals surface area contributed by atoms with Crippen LogP contribution in [0.15, 0.2) is 77.9 Å². The van der Waals surface area contributed by atoms with Crippen LogP contribution < -0.4 is 15.5 Å². The zero-order valence-electron chi connectivity index (χ0n) is 18.5. The SMILES string of the molecule is C/C(CC(=O)Nc1ccccc1-c1ccccc1)=N\NC(=O)COc1ccc(C)cc1C. The van der Waals surface area contributed by atoms with Crippen molar-refractivity contribution in [2.24, 2.45) is 5.10 Å². The molecule has 0 atom stereocenters. The van der Waals surface area contributed by atoms with Crippen LogP contribution in [0.1, 0.15) is 24.5 Å². The third kappa shape index (κ3) is 6.54. The number of hydrazone groups is 1. The van der Waals surface area contributed by atoms with Crippen molar-refractivity contribution in [3.63, 3.8) is 0 Å². The first kappa shape index (κ1) is 22.7. The molecule has 0 heterocycles. The molecule has 6 nitrogen and oxygen atoms in total. The summed E-state index contributed by atoms with van der Waals surface area (Å²) in [5.41, 5.74) is 7.69. The molecule has 0 aliphatic carbocycles. The van der Waals surface area contributed by atoms with Gasteiger partial charge in [0.1, 0.15) is 5.75 Å². The Morgan fingerprint density at radius 2 is 1.62 bits per heavy atom. The molecule has 0 saturated heterocycles. The number of benzene rings is 3. The summed E-state index contributed by atoms with van der Waals surface area (Å²) in [5.74, 6) is 0.0532. The van der Waals surface area contributed by atoms with Crippen LogP contribution >= 0.6 is 0 Å². The minimum atomic E-state index is -0.390. The Morgan fingerprint density at radius 1 is 0.906 bits per heavy atom. The molecule has 0 aliphatic rings. The van der Waals surface area contributed by atoms with Gasteiger partial charge in [0.05, 0.1) is 6.42 Å². The van der Waals surface area contributed by atoms with Crippen molar-refractivity contribution < 1.29 is 14.3 Å². The first-order valence-corrected chi connectivity index (χ1v) is 10.4. The van der Waals surface area contributed by atoms with Gasteiger partial charge in [0.25, 0.3) is 5.91 Å². The van der Waals surface area contributed by atoms with Gasteiger partial charge in [0.2, 0.25) is 5.91 Å². The molecule has 2 N–H and O–H groups in total. The minimum absolute atomic E-state index is 0.0569.